The quantitative estimate of drug-likeness (QED) is 0.903. The van der Waals surface area contributed by atoms with Gasteiger partial charge in [-0.1, -0.05) is 12.1 Å². The summed E-state index contributed by atoms with van der Waals surface area (Å²) in [7, 11) is 1.72. The lowest BCUT2D eigenvalue weighted by Gasteiger charge is -2.40. The van der Waals surface area contributed by atoms with E-state index in [1.54, 1.807) is 7.11 Å². The summed E-state index contributed by atoms with van der Waals surface area (Å²) in [6.07, 6.45) is 5.37. The van der Waals surface area contributed by atoms with Crippen molar-refractivity contribution in [2.24, 2.45) is 0 Å². The molecule has 104 valence electrons. The molecule has 0 amide bonds. The molecule has 0 saturated carbocycles. The Kier molecular flexibility index (Phi) is 3.76. The summed E-state index contributed by atoms with van der Waals surface area (Å²) in [5, 5.41) is 3.74. The Hall–Kier alpha value is -1.06. The zero-order valence-electron chi connectivity index (χ0n) is 11.8. The molecule has 3 nitrogen and oxygen atoms in total. The largest absolute Gasteiger partial charge is 0.497 e. The fourth-order valence-electron chi connectivity index (χ4n) is 3.57. The lowest BCUT2D eigenvalue weighted by atomic mass is 9.87. The minimum Gasteiger partial charge on any atom is -0.497 e. The van der Waals surface area contributed by atoms with E-state index in [-0.39, 0.29) is 0 Å². The van der Waals surface area contributed by atoms with Gasteiger partial charge in [-0.05, 0) is 56.5 Å². The maximum Gasteiger partial charge on any atom is 0.118 e. The minimum absolute atomic E-state index is 0.421. The Balaban J connectivity index is 1.62. The number of nitrogens with one attached hydrogen (secondary N) is 1. The molecule has 2 heterocycles. The van der Waals surface area contributed by atoms with Gasteiger partial charge in [0.25, 0.3) is 0 Å². The smallest absolute Gasteiger partial charge is 0.118 e. The van der Waals surface area contributed by atoms with Gasteiger partial charge in [-0.3, -0.25) is 4.90 Å². The average Bonchev–Trinajstić information content (AvgIpc) is 2.88. The van der Waals surface area contributed by atoms with Crippen LogP contribution in [-0.2, 0) is 6.54 Å². The molecule has 2 aliphatic heterocycles. The van der Waals surface area contributed by atoms with Crippen LogP contribution in [0.25, 0.3) is 0 Å². The summed E-state index contributed by atoms with van der Waals surface area (Å²) in [6.45, 7) is 4.71. The SMILES string of the molecule is COc1ccc(CN2CCCC3(CCCN3)C2)cc1. The first-order valence-electron chi connectivity index (χ1n) is 7.40. The summed E-state index contributed by atoms with van der Waals surface area (Å²) in [4.78, 5) is 2.60. The maximum atomic E-state index is 5.21. The van der Waals surface area contributed by atoms with E-state index in [2.05, 4.69) is 34.5 Å². The Morgan fingerprint density at radius 3 is 2.68 bits per heavy atom. The second kappa shape index (κ2) is 5.51. The van der Waals surface area contributed by atoms with Crippen LogP contribution in [0.1, 0.15) is 31.2 Å². The summed E-state index contributed by atoms with van der Waals surface area (Å²) < 4.78 is 5.21. The monoisotopic (exact) mass is 260 g/mol. The van der Waals surface area contributed by atoms with E-state index in [9.17, 15) is 0 Å². The molecule has 3 rings (SSSR count). The van der Waals surface area contributed by atoms with Crippen molar-refractivity contribution < 1.29 is 4.74 Å². The molecule has 1 aromatic carbocycles. The Bertz CT molecular complexity index is 409. The highest BCUT2D eigenvalue weighted by atomic mass is 16.5. The van der Waals surface area contributed by atoms with Crippen LogP contribution in [0.5, 0.6) is 5.75 Å². The van der Waals surface area contributed by atoms with Crippen molar-refractivity contribution in [3.8, 4) is 5.75 Å². The highest BCUT2D eigenvalue weighted by molar-refractivity contribution is 5.27. The van der Waals surface area contributed by atoms with Gasteiger partial charge in [-0.2, -0.15) is 0 Å². The number of nitrogens with zero attached hydrogens (tertiary/aromatic N) is 1. The first kappa shape index (κ1) is 12.9. The van der Waals surface area contributed by atoms with Crippen LogP contribution in [0.15, 0.2) is 24.3 Å². The molecule has 1 spiro atoms. The van der Waals surface area contributed by atoms with Gasteiger partial charge in [0.15, 0.2) is 0 Å². The standard InChI is InChI=1S/C16H24N2O/c1-19-15-6-4-14(5-7-15)12-18-11-3-9-16(13-18)8-2-10-17-16/h4-7,17H,2-3,8-13H2,1H3. The van der Waals surface area contributed by atoms with Gasteiger partial charge in [0.1, 0.15) is 5.75 Å². The average molecular weight is 260 g/mol. The minimum atomic E-state index is 0.421. The summed E-state index contributed by atoms with van der Waals surface area (Å²) in [5.74, 6) is 0.941. The van der Waals surface area contributed by atoms with Crippen molar-refractivity contribution in [1.29, 1.82) is 0 Å². The van der Waals surface area contributed by atoms with Crippen molar-refractivity contribution in [2.75, 3.05) is 26.7 Å². The van der Waals surface area contributed by atoms with Gasteiger partial charge < -0.3 is 10.1 Å². The van der Waals surface area contributed by atoms with Crippen molar-refractivity contribution in [2.45, 2.75) is 37.8 Å². The molecule has 0 radical (unpaired) electrons. The van der Waals surface area contributed by atoms with Crippen LogP contribution < -0.4 is 10.1 Å². The number of hydrogen-bond donors (Lipinski definition) is 1. The van der Waals surface area contributed by atoms with Crippen LogP contribution >= 0.6 is 0 Å². The van der Waals surface area contributed by atoms with Gasteiger partial charge in [0.2, 0.25) is 0 Å². The maximum absolute atomic E-state index is 5.21. The Labute approximate surface area is 115 Å². The van der Waals surface area contributed by atoms with E-state index in [1.807, 2.05) is 0 Å². The second-order valence-electron chi connectivity index (χ2n) is 5.97. The molecule has 1 aromatic rings. The summed E-state index contributed by atoms with van der Waals surface area (Å²) in [6, 6.07) is 8.48. The van der Waals surface area contributed by atoms with Gasteiger partial charge >= 0.3 is 0 Å². The normalized spacial score (nSPS) is 27.8. The first-order chi connectivity index (χ1) is 9.30. The fraction of sp³-hybridized carbons (Fsp3) is 0.625. The van der Waals surface area contributed by atoms with E-state index in [4.69, 9.17) is 4.74 Å². The van der Waals surface area contributed by atoms with Crippen molar-refractivity contribution in [3.63, 3.8) is 0 Å². The topological polar surface area (TPSA) is 24.5 Å². The molecule has 2 aliphatic rings. The zero-order chi connectivity index (χ0) is 13.1. The third-order valence-electron chi connectivity index (χ3n) is 4.55. The summed E-state index contributed by atoms with van der Waals surface area (Å²) in [5.41, 5.74) is 1.81. The highest BCUT2D eigenvalue weighted by Crippen LogP contribution is 2.30. The highest BCUT2D eigenvalue weighted by Gasteiger charge is 2.37. The number of likely N-dealkylation sites (tertiary alicyclic amines) is 1. The predicted molar refractivity (Wildman–Crippen MR) is 77.5 cm³/mol. The predicted octanol–water partition coefficient (Wildman–Crippen LogP) is 2.41. The van der Waals surface area contributed by atoms with E-state index >= 15 is 0 Å². The van der Waals surface area contributed by atoms with E-state index in [1.165, 1.54) is 50.9 Å². The number of hydrogen-bond acceptors (Lipinski definition) is 3. The van der Waals surface area contributed by atoms with Crippen LogP contribution in [0.2, 0.25) is 0 Å². The molecular formula is C16H24N2O. The molecule has 2 saturated heterocycles. The number of ether oxygens (including phenoxy) is 1. The summed E-state index contributed by atoms with van der Waals surface area (Å²) >= 11 is 0. The lowest BCUT2D eigenvalue weighted by molar-refractivity contribution is 0.129. The van der Waals surface area contributed by atoms with Crippen LogP contribution in [0.4, 0.5) is 0 Å². The van der Waals surface area contributed by atoms with Gasteiger partial charge in [-0.25, -0.2) is 0 Å². The van der Waals surface area contributed by atoms with Crippen molar-refractivity contribution >= 4 is 0 Å². The van der Waals surface area contributed by atoms with Crippen molar-refractivity contribution in [3.05, 3.63) is 29.8 Å². The lowest BCUT2D eigenvalue weighted by Crippen LogP contribution is -2.53. The third-order valence-corrected chi connectivity index (χ3v) is 4.55. The van der Waals surface area contributed by atoms with Gasteiger partial charge in [-0.15, -0.1) is 0 Å². The van der Waals surface area contributed by atoms with E-state index in [0.29, 0.717) is 5.54 Å². The number of rotatable bonds is 3. The van der Waals surface area contributed by atoms with E-state index in [0.717, 1.165) is 12.3 Å². The molecule has 2 fully saturated rings. The molecule has 1 unspecified atom stereocenters. The number of methoxy groups -OCH3 is 1. The molecule has 1 atom stereocenters. The number of benzene rings is 1. The van der Waals surface area contributed by atoms with Crippen LogP contribution in [-0.4, -0.2) is 37.2 Å². The third kappa shape index (κ3) is 2.93. The molecule has 0 aromatic heterocycles. The van der Waals surface area contributed by atoms with Crippen LogP contribution in [0.3, 0.4) is 0 Å². The molecule has 19 heavy (non-hydrogen) atoms. The molecule has 0 bridgehead atoms. The number of piperidine rings is 1. The second-order valence-corrected chi connectivity index (χ2v) is 5.97. The molecule has 0 aliphatic carbocycles. The Morgan fingerprint density at radius 2 is 2.00 bits per heavy atom. The Morgan fingerprint density at radius 1 is 1.21 bits per heavy atom. The van der Waals surface area contributed by atoms with Crippen LogP contribution in [0, 0.1) is 0 Å². The first-order valence-corrected chi connectivity index (χ1v) is 7.40. The molecular weight excluding hydrogens is 236 g/mol. The van der Waals surface area contributed by atoms with Crippen molar-refractivity contribution in [1.82, 2.24) is 10.2 Å². The zero-order valence-corrected chi connectivity index (χ0v) is 11.8. The van der Waals surface area contributed by atoms with E-state index < -0.39 is 0 Å². The van der Waals surface area contributed by atoms with Gasteiger partial charge in [0.05, 0.1) is 7.11 Å². The fourth-order valence-corrected chi connectivity index (χ4v) is 3.57. The van der Waals surface area contributed by atoms with Gasteiger partial charge in [0, 0.05) is 18.6 Å². The molecule has 3 heteroatoms. The molecule has 1 N–H and O–H groups in total.